The third-order valence-electron chi connectivity index (χ3n) is 14.0. The van der Waals surface area contributed by atoms with Crippen LogP contribution in [0, 0.1) is 0 Å². The van der Waals surface area contributed by atoms with Crippen LogP contribution in [-0.2, 0) is 66.8 Å². The maximum absolute atomic E-state index is 12.9. The molecule has 0 radical (unpaired) electrons. The van der Waals surface area contributed by atoms with E-state index in [9.17, 15) is 241 Å². The highest BCUT2D eigenvalue weighted by molar-refractivity contribution is 8.14. The number of likely N-dealkylation sites (N-methyl/N-ethyl adjacent to an activating group) is 1. The second kappa shape index (κ2) is 61.9. The van der Waals surface area contributed by atoms with Gasteiger partial charge in [-0.15, -0.1) is 0 Å². The Labute approximate surface area is 757 Å². The van der Waals surface area contributed by atoms with E-state index in [0.717, 1.165) is 29.0 Å². The van der Waals surface area contributed by atoms with E-state index in [1.54, 1.807) is 6.92 Å². The number of unbranched alkanes of at least 4 members (excludes halogenated alkanes) is 1. The van der Waals surface area contributed by atoms with Gasteiger partial charge in [0.15, 0.2) is 6.61 Å². The summed E-state index contributed by atoms with van der Waals surface area (Å²) in [7, 11) is 1.12. The van der Waals surface area contributed by atoms with Crippen molar-refractivity contribution in [1.82, 2.24) is 15.1 Å². The first kappa shape index (κ1) is 145. The minimum atomic E-state index is -5.71. The summed E-state index contributed by atoms with van der Waals surface area (Å²) in [6, 6.07) is 0. The number of halogens is 46. The molecule has 0 aliphatic carbocycles. The first-order chi connectivity index (χ1) is 60.6. The monoisotopic (exact) mass is 2150 g/mol. The standard InChI is InChI=1S/C13H20F5NO.2C8H10F5NO.2C8H9F5O2.C8H9F5OS.C7H6ClF5O2.C7H7F5O2.C6H5F5O2/c1-4-6-8-19(11(20)10(3)5-2)9-7-12(14,15)13(16,17)18;1-5(2)6(15)14-4-3-7(9,10)8(11,12)13;1-3-6(15)14(2)5-4-7(9,10)8(11,12)13;1-5(2)6(14)15-4-3-7(9,10)8(11,12)13;1-2-6(14)15-5-3-4-7(9,10)8(11,12)13;1-5(2)6(14)15-4-3-7(9,10)8(11,12)13;1-4(8)5(14)15-3-2-6(9,10)7(11,12)13;1-2-5(13)14-4-3-6(8,9)7(10,11)12;1-2-4(12)13-3-5(7,8)6(9,10)11/h3-9H2,1-2H3;1,3-4H2,2H3,(H,14,15);3H,1,4-5H2,2H3;1,3-4H2,2H3;2H,1,3-5H2;1,3-4H2,2H3;1-3H2;2H,1,3-4H2;2H,1,3H2. The average Bonchev–Trinajstić information content (AvgIpc) is 0.845. The molecule has 0 heterocycles. The van der Waals surface area contributed by atoms with Gasteiger partial charge >= 0.3 is 139 Å². The lowest BCUT2D eigenvalue weighted by molar-refractivity contribution is -0.293. The minimum absolute atomic E-state index is 0.0466. The van der Waals surface area contributed by atoms with Crippen LogP contribution in [0.15, 0.2) is 111 Å². The molecule has 137 heavy (non-hydrogen) atoms. The highest BCUT2D eigenvalue weighted by Gasteiger charge is 2.63. The molecule has 0 aliphatic rings. The molecular formula is C73H85ClF45N3O14S. The quantitative estimate of drug-likeness (QED) is 0.0198. The third-order valence-corrected chi connectivity index (χ3v) is 15.1. The van der Waals surface area contributed by atoms with Crippen molar-refractivity contribution < 1.29 is 264 Å². The lowest BCUT2D eigenvalue weighted by atomic mass is 10.1. The van der Waals surface area contributed by atoms with Gasteiger partial charge in [-0.25, -0.2) is 24.0 Å². The van der Waals surface area contributed by atoms with Gasteiger partial charge in [-0.2, -0.15) is 198 Å². The summed E-state index contributed by atoms with van der Waals surface area (Å²) in [5, 5.41) is 0.724. The number of ether oxygens (including phenoxy) is 5. The predicted molar refractivity (Wildman–Crippen MR) is 395 cm³/mol. The largest absolute Gasteiger partial charge is 0.463 e. The summed E-state index contributed by atoms with van der Waals surface area (Å²) < 4.78 is 556. The molecule has 0 atom stereocenters. The Morgan fingerprint density at radius 3 is 0.942 bits per heavy atom. The van der Waals surface area contributed by atoms with Crippen LogP contribution >= 0.6 is 23.4 Å². The molecule has 0 spiro atoms. The maximum atomic E-state index is 12.9. The molecule has 1 N–H and O–H groups in total. The van der Waals surface area contributed by atoms with Crippen molar-refractivity contribution in [3.05, 3.63) is 111 Å². The summed E-state index contributed by atoms with van der Waals surface area (Å²) in [5.74, 6) is -51.5. The number of esters is 5. The van der Waals surface area contributed by atoms with Gasteiger partial charge in [0, 0.05) is 106 Å². The molecule has 0 unspecified atom stereocenters. The Balaban J connectivity index is -0.000000193. The highest BCUT2D eigenvalue weighted by atomic mass is 35.5. The number of rotatable bonds is 40. The van der Waals surface area contributed by atoms with E-state index in [2.05, 4.69) is 82.9 Å². The molecule has 0 rings (SSSR count). The summed E-state index contributed by atoms with van der Waals surface area (Å²) in [6.07, 6.45) is -58.6. The first-order valence-electron chi connectivity index (χ1n) is 35.9. The second-order valence-electron chi connectivity index (χ2n) is 25.7. The Morgan fingerprint density at radius 2 is 0.642 bits per heavy atom. The molecule has 17 nitrogen and oxygen atoms in total. The topological polar surface area (TPSA) is 218 Å². The van der Waals surface area contributed by atoms with Gasteiger partial charge in [0.1, 0.15) is 5.03 Å². The van der Waals surface area contributed by atoms with Crippen LogP contribution in [0.5, 0.6) is 0 Å². The number of hydrogen-bond donors (Lipinski definition) is 1. The van der Waals surface area contributed by atoms with Gasteiger partial charge in [-0.05, 0) is 51.7 Å². The van der Waals surface area contributed by atoms with Gasteiger partial charge in [0.25, 0.3) is 0 Å². The summed E-state index contributed by atoms with van der Waals surface area (Å²) in [5.41, 5.74) is 0.308. The molecule has 0 aromatic rings. The van der Waals surface area contributed by atoms with Crippen LogP contribution in [-0.4, -0.2) is 243 Å². The van der Waals surface area contributed by atoms with E-state index >= 15 is 0 Å². The molecule has 804 valence electrons. The number of nitrogens with zero attached hydrogens (tertiary/aromatic N) is 2. The fourth-order valence-corrected chi connectivity index (χ4v) is 6.66. The van der Waals surface area contributed by atoms with E-state index in [0.29, 0.717) is 43.2 Å². The molecule has 0 saturated carbocycles. The second-order valence-corrected chi connectivity index (χ2v) is 27.2. The zero-order valence-electron chi connectivity index (χ0n) is 71.1. The molecular weight excluding hydrogens is 2070 g/mol. The fraction of sp³-hybridized carbons (Fsp3) is 0.630. The SMILES string of the molecule is C=C(C)C(=O)NCCC(F)(F)C(F)(F)F.C=C(C)C(=O)OCCC(F)(F)C(F)(F)F.C=C(C)C(=O)SCCC(F)(F)C(F)(F)F.C=C(CC)C(=O)N(CCCC)CCC(F)(F)C(F)(F)F.C=C(Cl)C(=O)OCCC(F)(F)C(F)(F)F.C=CC(=O)N(C)CCC(F)(F)C(F)(F)F.C=CC(=O)OCC(F)(F)C(F)(F)F.C=CC(=O)OCCC(F)(F)C(F)(F)F.C=CC(=O)OCCCC(F)(F)C(F)(F)F. The van der Waals surface area contributed by atoms with E-state index in [-0.39, 0.29) is 28.8 Å². The Morgan fingerprint density at radius 1 is 0.343 bits per heavy atom. The minimum Gasteiger partial charge on any atom is -0.463 e. The van der Waals surface area contributed by atoms with E-state index in [1.807, 2.05) is 12.2 Å². The van der Waals surface area contributed by atoms with Crippen molar-refractivity contribution >= 4 is 76.0 Å². The number of thioether (sulfide) groups is 1. The van der Waals surface area contributed by atoms with Crippen molar-refractivity contribution in [3.63, 3.8) is 0 Å². The summed E-state index contributed by atoms with van der Waals surface area (Å²) >= 11 is 5.40. The lowest BCUT2D eigenvalue weighted by Crippen LogP contribution is -2.42. The Bertz CT molecular complexity index is 3580. The normalized spacial score (nSPS) is 12.4. The van der Waals surface area contributed by atoms with Gasteiger partial charge in [-0.1, -0.05) is 103 Å². The molecule has 0 aliphatic heterocycles. The molecule has 0 aromatic heterocycles. The van der Waals surface area contributed by atoms with Gasteiger partial charge in [-0.3, -0.25) is 19.2 Å². The van der Waals surface area contributed by atoms with Crippen molar-refractivity contribution in [2.24, 2.45) is 0 Å². The van der Waals surface area contributed by atoms with Gasteiger partial charge in [0.2, 0.25) is 22.8 Å². The van der Waals surface area contributed by atoms with Crippen LogP contribution in [0.2, 0.25) is 0 Å². The number of alkyl halides is 45. The lowest BCUT2D eigenvalue weighted by Gasteiger charge is -2.26. The maximum Gasteiger partial charge on any atom is 0.456 e. The highest BCUT2D eigenvalue weighted by Crippen LogP contribution is 2.45. The van der Waals surface area contributed by atoms with Crippen molar-refractivity contribution in [2.45, 2.75) is 221 Å². The molecule has 0 aromatic carbocycles. The third kappa shape index (κ3) is 64.5. The van der Waals surface area contributed by atoms with Gasteiger partial charge < -0.3 is 38.8 Å². The van der Waals surface area contributed by atoms with Crippen molar-refractivity contribution in [2.75, 3.05) is 72.0 Å². The van der Waals surface area contributed by atoms with Crippen LogP contribution in [0.4, 0.5) is 198 Å². The van der Waals surface area contributed by atoms with E-state index < -0.39 is 283 Å². The number of carbonyl (C=O) groups is 9. The first-order valence-corrected chi connectivity index (χ1v) is 37.3. The van der Waals surface area contributed by atoms with Crippen LogP contribution in [0.3, 0.4) is 0 Å². The number of carbonyl (C=O) groups excluding carboxylic acids is 9. The van der Waals surface area contributed by atoms with Gasteiger partial charge in [0.05, 0.1) is 45.7 Å². The Kier molecular flexibility index (Phi) is 65.7. The molecule has 0 saturated heterocycles. The molecule has 3 amide bonds. The smallest absolute Gasteiger partial charge is 0.456 e. The zero-order chi connectivity index (χ0) is 112. The predicted octanol–water partition coefficient (Wildman–Crippen LogP) is 24.5. The molecule has 0 fully saturated rings. The van der Waals surface area contributed by atoms with Crippen LogP contribution < -0.4 is 5.32 Å². The fourth-order valence-electron chi connectivity index (χ4n) is 5.81. The van der Waals surface area contributed by atoms with E-state index in [1.165, 1.54) is 20.8 Å². The van der Waals surface area contributed by atoms with Crippen LogP contribution in [0.1, 0.15) is 112 Å². The number of hydrogen-bond acceptors (Lipinski definition) is 15. The van der Waals surface area contributed by atoms with Crippen molar-refractivity contribution in [3.8, 4) is 0 Å². The van der Waals surface area contributed by atoms with Crippen LogP contribution in [0.25, 0.3) is 0 Å². The molecule has 0 bridgehead atoms. The number of amides is 3. The zero-order valence-corrected chi connectivity index (χ0v) is 72.7. The number of nitrogens with one attached hydrogen (secondary N) is 1. The van der Waals surface area contributed by atoms with E-state index in [4.69, 9.17) is 11.6 Å². The Hall–Kier alpha value is -9.42. The summed E-state index contributed by atoms with van der Waals surface area (Å²) in [4.78, 5) is 97.9. The van der Waals surface area contributed by atoms with Crippen molar-refractivity contribution in [1.29, 1.82) is 0 Å². The average molecular weight is 2150 g/mol. The molecule has 64 heteroatoms. The summed E-state index contributed by atoms with van der Waals surface area (Å²) in [6.45, 7) is 27.7.